The first-order valence-corrected chi connectivity index (χ1v) is 4.96. The first kappa shape index (κ1) is 7.10. The monoisotopic (exact) mass is 182 g/mol. The maximum atomic E-state index is 3.11. The van der Waals surface area contributed by atoms with Gasteiger partial charge in [-0.25, -0.2) is 0 Å². The zero-order valence-electron chi connectivity index (χ0n) is 6.87. The molecule has 3 rings (SSSR count). The van der Waals surface area contributed by atoms with Gasteiger partial charge >= 0.3 is 0 Å². The summed E-state index contributed by atoms with van der Waals surface area (Å²) in [5, 5.41) is 6.77. The molecule has 0 aliphatic heterocycles. The third kappa shape index (κ3) is 1.04. The van der Waals surface area contributed by atoms with Crippen LogP contribution in [-0.4, -0.2) is 0 Å². The van der Waals surface area contributed by atoms with Crippen LogP contribution in [0.3, 0.4) is 0 Å². The summed E-state index contributed by atoms with van der Waals surface area (Å²) in [4.78, 5) is 0. The molecule has 0 nitrogen and oxygen atoms in total. The predicted octanol–water partition coefficient (Wildman–Crippen LogP) is 3.65. The molecule has 0 unspecified atom stereocenters. The molecule has 60 valence electrons. The Morgan fingerprint density at radius 2 is 1.77 bits per heavy atom. The topological polar surface area (TPSA) is 0 Å². The molecule has 0 bridgehead atoms. The summed E-state index contributed by atoms with van der Waals surface area (Å²) in [6.45, 7) is 0. The summed E-state index contributed by atoms with van der Waals surface area (Å²) < 4.78 is 1.26. The van der Waals surface area contributed by atoms with Crippen LogP contribution >= 0.6 is 11.3 Å². The van der Waals surface area contributed by atoms with Crippen molar-refractivity contribution >= 4 is 32.2 Å². The van der Waals surface area contributed by atoms with Crippen molar-refractivity contribution in [3.63, 3.8) is 0 Å². The van der Waals surface area contributed by atoms with Crippen LogP contribution in [0.5, 0.6) is 0 Å². The molecule has 1 aromatic heterocycles. The highest BCUT2D eigenvalue weighted by Gasteiger charge is 1.97. The van der Waals surface area contributed by atoms with Crippen LogP contribution < -0.4 is 0 Å². The van der Waals surface area contributed by atoms with Gasteiger partial charge < -0.3 is 0 Å². The molecule has 0 N–H and O–H groups in total. The largest absolute Gasteiger partial charge is 0.134 e. The van der Waals surface area contributed by atoms with Crippen molar-refractivity contribution in [3.05, 3.63) is 47.8 Å². The van der Waals surface area contributed by atoms with Crippen LogP contribution in [-0.2, 0) is 0 Å². The minimum Gasteiger partial charge on any atom is -0.134 e. The SMILES string of the molecule is [c]1[c]c2cc3ccccc3cc2s1. The molecule has 0 aliphatic carbocycles. The van der Waals surface area contributed by atoms with Crippen LogP contribution in [0.25, 0.3) is 20.9 Å². The normalized spacial score (nSPS) is 11.1. The van der Waals surface area contributed by atoms with E-state index in [0.29, 0.717) is 0 Å². The van der Waals surface area contributed by atoms with Gasteiger partial charge in [-0.2, -0.15) is 0 Å². The lowest BCUT2D eigenvalue weighted by atomic mass is 10.1. The van der Waals surface area contributed by atoms with Crippen LogP contribution in [0, 0.1) is 11.4 Å². The van der Waals surface area contributed by atoms with Gasteiger partial charge in [-0.05, 0) is 22.9 Å². The number of thiophene rings is 1. The van der Waals surface area contributed by atoms with Crippen molar-refractivity contribution in [1.29, 1.82) is 0 Å². The van der Waals surface area contributed by atoms with E-state index < -0.39 is 0 Å². The molecule has 3 aromatic rings. The van der Waals surface area contributed by atoms with Crippen LogP contribution in [0.1, 0.15) is 0 Å². The number of hydrogen-bond donors (Lipinski definition) is 0. The standard InChI is InChI=1S/C12H6S/c1-2-4-10-8-12-11(5-6-13-12)7-9(10)3-1/h1-4,7-8H. The fraction of sp³-hybridized carbons (Fsp3) is 0. The average Bonchev–Trinajstić information content (AvgIpc) is 2.61. The van der Waals surface area contributed by atoms with Crippen LogP contribution in [0.2, 0.25) is 0 Å². The number of benzene rings is 2. The lowest BCUT2D eigenvalue weighted by Gasteiger charge is -1.96. The Kier molecular flexibility index (Phi) is 1.41. The summed E-state index contributed by atoms with van der Waals surface area (Å²) in [5.74, 6) is 0. The lowest BCUT2D eigenvalue weighted by Crippen LogP contribution is -1.70. The van der Waals surface area contributed by atoms with E-state index in [1.807, 2.05) is 0 Å². The Morgan fingerprint density at radius 1 is 1.00 bits per heavy atom. The highest BCUT2D eigenvalue weighted by Crippen LogP contribution is 2.25. The first-order chi connectivity index (χ1) is 6.43. The van der Waals surface area contributed by atoms with Gasteiger partial charge in [0.25, 0.3) is 0 Å². The molecule has 0 amide bonds. The van der Waals surface area contributed by atoms with Gasteiger partial charge in [0.05, 0.1) is 5.38 Å². The fourth-order valence-corrected chi connectivity index (χ4v) is 2.21. The Bertz CT molecular complexity index is 514. The average molecular weight is 182 g/mol. The van der Waals surface area contributed by atoms with E-state index >= 15 is 0 Å². The van der Waals surface area contributed by atoms with Crippen molar-refractivity contribution in [2.24, 2.45) is 0 Å². The lowest BCUT2D eigenvalue weighted by molar-refractivity contribution is 1.81. The van der Waals surface area contributed by atoms with E-state index in [4.69, 9.17) is 0 Å². The molecule has 13 heavy (non-hydrogen) atoms. The van der Waals surface area contributed by atoms with Crippen LogP contribution in [0.4, 0.5) is 0 Å². The van der Waals surface area contributed by atoms with E-state index in [-0.39, 0.29) is 0 Å². The second-order valence-electron chi connectivity index (χ2n) is 3.02. The van der Waals surface area contributed by atoms with Crippen molar-refractivity contribution in [3.8, 4) is 0 Å². The minimum atomic E-state index is 1.17. The van der Waals surface area contributed by atoms with Crippen molar-refractivity contribution in [2.45, 2.75) is 0 Å². The second-order valence-corrected chi connectivity index (χ2v) is 3.87. The van der Waals surface area contributed by atoms with Gasteiger partial charge in [-0.1, -0.05) is 24.3 Å². The Balaban J connectivity index is 2.57. The fourth-order valence-electron chi connectivity index (χ4n) is 1.54. The quantitative estimate of drug-likeness (QED) is 0.497. The summed E-state index contributed by atoms with van der Waals surface area (Å²) >= 11 is 1.62. The van der Waals surface area contributed by atoms with E-state index in [1.165, 1.54) is 20.9 Å². The Morgan fingerprint density at radius 3 is 2.62 bits per heavy atom. The summed E-state index contributed by atoms with van der Waals surface area (Å²) in [7, 11) is 0. The summed E-state index contributed by atoms with van der Waals surface area (Å²) in [5.41, 5.74) is 0. The van der Waals surface area contributed by atoms with Crippen LogP contribution in [0.15, 0.2) is 36.4 Å². The zero-order valence-corrected chi connectivity index (χ0v) is 7.69. The third-order valence-electron chi connectivity index (χ3n) is 2.19. The molecule has 2 radical (unpaired) electrons. The molecule has 0 atom stereocenters. The van der Waals surface area contributed by atoms with E-state index in [1.54, 1.807) is 11.3 Å². The van der Waals surface area contributed by atoms with Gasteiger partial charge in [0, 0.05) is 16.2 Å². The van der Waals surface area contributed by atoms with Gasteiger partial charge in [0.2, 0.25) is 0 Å². The molecule has 2 aromatic carbocycles. The van der Waals surface area contributed by atoms with Gasteiger partial charge in [-0.15, -0.1) is 11.3 Å². The highest BCUT2D eigenvalue weighted by atomic mass is 32.1. The number of rotatable bonds is 0. The molecule has 1 heterocycles. The minimum absolute atomic E-state index is 1.17. The summed E-state index contributed by atoms with van der Waals surface area (Å²) in [6, 6.07) is 15.8. The summed E-state index contributed by atoms with van der Waals surface area (Å²) in [6.07, 6.45) is 0. The molecule has 0 spiro atoms. The Labute approximate surface area is 80.4 Å². The highest BCUT2D eigenvalue weighted by molar-refractivity contribution is 7.16. The van der Waals surface area contributed by atoms with Crippen molar-refractivity contribution in [1.82, 2.24) is 0 Å². The molecular weight excluding hydrogens is 176 g/mol. The first-order valence-electron chi connectivity index (χ1n) is 4.14. The van der Waals surface area contributed by atoms with Gasteiger partial charge in [0.15, 0.2) is 0 Å². The van der Waals surface area contributed by atoms with Gasteiger partial charge in [0.1, 0.15) is 0 Å². The van der Waals surface area contributed by atoms with E-state index in [9.17, 15) is 0 Å². The maximum absolute atomic E-state index is 3.11. The van der Waals surface area contributed by atoms with E-state index in [0.717, 1.165) is 0 Å². The van der Waals surface area contributed by atoms with Gasteiger partial charge in [-0.3, -0.25) is 0 Å². The maximum Gasteiger partial charge on any atom is 0.0541 e. The molecule has 0 saturated heterocycles. The molecule has 0 fully saturated rings. The smallest absolute Gasteiger partial charge is 0.0541 e. The predicted molar refractivity (Wildman–Crippen MR) is 57.0 cm³/mol. The molecule has 0 saturated carbocycles. The third-order valence-corrected chi connectivity index (χ3v) is 2.96. The number of fused-ring (bicyclic) bond motifs is 2. The Hall–Kier alpha value is -1.34. The number of hydrogen-bond acceptors (Lipinski definition) is 1. The second kappa shape index (κ2) is 2.57. The molecular formula is C12H6S. The molecule has 1 heteroatoms. The van der Waals surface area contributed by atoms with Crippen molar-refractivity contribution in [2.75, 3.05) is 0 Å². The van der Waals surface area contributed by atoms with E-state index in [2.05, 4.69) is 47.8 Å². The van der Waals surface area contributed by atoms with Crippen molar-refractivity contribution < 1.29 is 0 Å². The zero-order chi connectivity index (χ0) is 8.67. The molecule has 0 aliphatic rings.